The Morgan fingerprint density at radius 3 is 2.51 bits per heavy atom. The van der Waals surface area contributed by atoms with E-state index in [0.717, 1.165) is 50.3 Å². The second kappa shape index (κ2) is 11.0. The van der Waals surface area contributed by atoms with Crippen LogP contribution < -0.4 is 20.3 Å². The van der Waals surface area contributed by atoms with E-state index in [1.54, 1.807) is 12.4 Å². The van der Waals surface area contributed by atoms with Crippen LogP contribution >= 0.6 is 0 Å². The lowest BCUT2D eigenvalue weighted by molar-refractivity contribution is 0.131. The molecule has 0 bridgehead atoms. The third-order valence-corrected chi connectivity index (χ3v) is 7.48. The number of halogens is 2. The fourth-order valence-corrected chi connectivity index (χ4v) is 5.27. The van der Waals surface area contributed by atoms with Gasteiger partial charge in [-0.05, 0) is 55.9 Å². The summed E-state index contributed by atoms with van der Waals surface area (Å²) >= 11 is 0. The molecule has 3 atom stereocenters. The minimum absolute atomic E-state index is 0.0100. The quantitative estimate of drug-likeness (QED) is 0.506. The zero-order valence-electron chi connectivity index (χ0n) is 21.2. The molecule has 2 saturated heterocycles. The SMILES string of the molecule is CCc1noc(N2CCC([C@H](C)Oc3cnc(N4CC[C@H](c5cc(F)ccc5F)[C@@H](N)C4)nc3)CC2)n1. The summed E-state index contributed by atoms with van der Waals surface area (Å²) in [5.74, 6) is 1.15. The van der Waals surface area contributed by atoms with Crippen LogP contribution in [0.5, 0.6) is 5.75 Å². The van der Waals surface area contributed by atoms with Crippen LogP contribution in [0, 0.1) is 17.6 Å². The summed E-state index contributed by atoms with van der Waals surface area (Å²) < 4.78 is 39.4. The van der Waals surface area contributed by atoms with Gasteiger partial charge in [-0.3, -0.25) is 0 Å². The topological polar surface area (TPSA) is 106 Å². The Labute approximate surface area is 215 Å². The van der Waals surface area contributed by atoms with E-state index in [1.165, 1.54) is 6.07 Å². The van der Waals surface area contributed by atoms with Gasteiger partial charge in [0.05, 0.1) is 18.5 Å². The molecule has 3 aromatic rings. The van der Waals surface area contributed by atoms with Crippen LogP contribution in [0.15, 0.2) is 35.1 Å². The van der Waals surface area contributed by atoms with Gasteiger partial charge in [0.25, 0.3) is 0 Å². The lowest BCUT2D eigenvalue weighted by Gasteiger charge is -2.37. The maximum Gasteiger partial charge on any atom is 0.324 e. The normalized spacial score (nSPS) is 21.8. The number of aromatic nitrogens is 4. The Balaban J connectivity index is 1.13. The molecule has 0 radical (unpaired) electrons. The van der Waals surface area contributed by atoms with E-state index in [-0.39, 0.29) is 18.1 Å². The third kappa shape index (κ3) is 5.66. The highest BCUT2D eigenvalue weighted by molar-refractivity contribution is 5.35. The number of rotatable bonds is 7. The molecule has 9 nitrogen and oxygen atoms in total. The Bertz CT molecular complexity index is 1180. The van der Waals surface area contributed by atoms with Crippen molar-refractivity contribution >= 4 is 12.0 Å². The largest absolute Gasteiger partial charge is 0.487 e. The number of hydrogen-bond acceptors (Lipinski definition) is 9. The molecule has 2 fully saturated rings. The van der Waals surface area contributed by atoms with Crippen LogP contribution in [0.2, 0.25) is 0 Å². The van der Waals surface area contributed by atoms with Crippen molar-refractivity contribution in [3.8, 4) is 5.75 Å². The molecule has 5 rings (SSSR count). The number of ether oxygens (including phenoxy) is 1. The Morgan fingerprint density at radius 2 is 1.84 bits per heavy atom. The molecule has 0 amide bonds. The standard InChI is InChI=1S/C26H33F2N7O2/c1-3-24-32-26(37-33-24)34-9-6-17(7-10-34)16(2)36-19-13-30-25(31-14-19)35-11-8-20(23(29)15-35)21-12-18(27)4-5-22(21)28/h4-5,12-14,16-17,20,23H,3,6-11,15,29H2,1-2H3/t16-,20+,23-/m0/s1. The van der Waals surface area contributed by atoms with Crippen molar-refractivity contribution < 1.29 is 18.0 Å². The first kappa shape index (κ1) is 25.3. The Hall–Kier alpha value is -3.34. The lowest BCUT2D eigenvalue weighted by atomic mass is 9.85. The smallest absolute Gasteiger partial charge is 0.324 e. The van der Waals surface area contributed by atoms with E-state index >= 15 is 0 Å². The first-order valence-corrected chi connectivity index (χ1v) is 12.9. The van der Waals surface area contributed by atoms with Gasteiger partial charge < -0.3 is 24.8 Å². The van der Waals surface area contributed by atoms with Crippen molar-refractivity contribution in [1.82, 2.24) is 20.1 Å². The maximum atomic E-state index is 14.3. The summed E-state index contributed by atoms with van der Waals surface area (Å²) in [5, 5.41) is 3.98. The molecule has 37 heavy (non-hydrogen) atoms. The zero-order chi connectivity index (χ0) is 25.9. The molecule has 11 heteroatoms. The van der Waals surface area contributed by atoms with Crippen LogP contribution in [-0.2, 0) is 6.42 Å². The highest BCUT2D eigenvalue weighted by Gasteiger charge is 2.31. The van der Waals surface area contributed by atoms with E-state index in [1.807, 2.05) is 11.8 Å². The first-order valence-electron chi connectivity index (χ1n) is 12.9. The average Bonchev–Trinajstić information content (AvgIpc) is 3.40. The van der Waals surface area contributed by atoms with Crippen LogP contribution in [0.25, 0.3) is 0 Å². The second-order valence-corrected chi connectivity index (χ2v) is 9.88. The number of anilines is 2. The lowest BCUT2D eigenvalue weighted by Crippen LogP contribution is -2.48. The summed E-state index contributed by atoms with van der Waals surface area (Å²) in [6.45, 7) is 6.82. The molecule has 2 aliphatic rings. The van der Waals surface area contributed by atoms with Gasteiger partial charge in [-0.2, -0.15) is 4.98 Å². The van der Waals surface area contributed by atoms with Crippen molar-refractivity contribution in [2.24, 2.45) is 11.7 Å². The van der Waals surface area contributed by atoms with Gasteiger partial charge in [-0.1, -0.05) is 12.1 Å². The van der Waals surface area contributed by atoms with Crippen molar-refractivity contribution in [2.45, 2.75) is 57.6 Å². The number of hydrogen-bond donors (Lipinski definition) is 1. The van der Waals surface area contributed by atoms with E-state index in [2.05, 4.69) is 31.9 Å². The van der Waals surface area contributed by atoms with Crippen molar-refractivity contribution in [3.05, 3.63) is 53.6 Å². The fourth-order valence-electron chi connectivity index (χ4n) is 5.27. The van der Waals surface area contributed by atoms with Gasteiger partial charge in [0.15, 0.2) is 11.6 Å². The van der Waals surface area contributed by atoms with E-state index < -0.39 is 11.6 Å². The van der Waals surface area contributed by atoms with Gasteiger partial charge in [0, 0.05) is 44.6 Å². The van der Waals surface area contributed by atoms with Crippen LogP contribution in [0.1, 0.15) is 50.4 Å². The molecule has 0 spiro atoms. The second-order valence-electron chi connectivity index (χ2n) is 9.88. The van der Waals surface area contributed by atoms with Crippen LogP contribution in [0.4, 0.5) is 20.7 Å². The molecule has 2 N–H and O–H groups in total. The van der Waals surface area contributed by atoms with Gasteiger partial charge in [-0.25, -0.2) is 18.7 Å². The van der Waals surface area contributed by atoms with Gasteiger partial charge in [0.1, 0.15) is 11.6 Å². The molecule has 198 valence electrons. The van der Waals surface area contributed by atoms with E-state index in [9.17, 15) is 8.78 Å². The summed E-state index contributed by atoms with van der Waals surface area (Å²) in [6, 6.07) is 3.76. The minimum atomic E-state index is -0.456. The molecular weight excluding hydrogens is 480 g/mol. The molecule has 0 aliphatic carbocycles. The molecule has 4 heterocycles. The summed E-state index contributed by atoms with van der Waals surface area (Å²) in [7, 11) is 0. The third-order valence-electron chi connectivity index (χ3n) is 7.48. The summed E-state index contributed by atoms with van der Waals surface area (Å²) in [5.41, 5.74) is 6.70. The predicted molar refractivity (Wildman–Crippen MR) is 135 cm³/mol. The number of nitrogens with two attached hydrogens (primary N) is 1. The highest BCUT2D eigenvalue weighted by atomic mass is 19.1. The van der Waals surface area contributed by atoms with Crippen molar-refractivity contribution in [3.63, 3.8) is 0 Å². The average molecular weight is 514 g/mol. The zero-order valence-corrected chi connectivity index (χ0v) is 21.2. The van der Waals surface area contributed by atoms with Crippen LogP contribution in [0.3, 0.4) is 0 Å². The van der Waals surface area contributed by atoms with Crippen molar-refractivity contribution in [2.75, 3.05) is 36.0 Å². The number of aryl methyl sites for hydroxylation is 1. The van der Waals surface area contributed by atoms with Gasteiger partial charge >= 0.3 is 6.01 Å². The number of benzene rings is 1. The number of nitrogens with zero attached hydrogens (tertiary/aromatic N) is 6. The van der Waals surface area contributed by atoms with Crippen molar-refractivity contribution in [1.29, 1.82) is 0 Å². The fraction of sp³-hybridized carbons (Fsp3) is 0.538. The molecule has 2 aliphatic heterocycles. The summed E-state index contributed by atoms with van der Waals surface area (Å²) in [6.07, 6.45) is 6.64. The van der Waals surface area contributed by atoms with E-state index in [0.29, 0.717) is 48.7 Å². The molecular formula is C26H33F2N7O2. The molecule has 0 saturated carbocycles. The number of piperidine rings is 2. The monoisotopic (exact) mass is 513 g/mol. The molecule has 0 unspecified atom stereocenters. The summed E-state index contributed by atoms with van der Waals surface area (Å²) in [4.78, 5) is 17.5. The van der Waals surface area contributed by atoms with Crippen LogP contribution in [-0.4, -0.2) is 58.4 Å². The minimum Gasteiger partial charge on any atom is -0.487 e. The van der Waals surface area contributed by atoms with E-state index in [4.69, 9.17) is 15.0 Å². The Kier molecular flexibility index (Phi) is 7.50. The predicted octanol–water partition coefficient (Wildman–Crippen LogP) is 3.71. The maximum absolute atomic E-state index is 14.3. The first-order chi connectivity index (χ1) is 17.9. The Morgan fingerprint density at radius 1 is 1.11 bits per heavy atom. The van der Waals surface area contributed by atoms with Gasteiger partial charge in [0.2, 0.25) is 5.95 Å². The molecule has 2 aromatic heterocycles. The highest BCUT2D eigenvalue weighted by Crippen LogP contribution is 2.31. The van der Waals surface area contributed by atoms with Gasteiger partial charge in [-0.15, -0.1) is 0 Å². The molecule has 1 aromatic carbocycles.